The summed E-state index contributed by atoms with van der Waals surface area (Å²) in [4.78, 5) is 20.7. The third-order valence-electron chi connectivity index (χ3n) is 1.38. The van der Waals surface area contributed by atoms with E-state index in [9.17, 15) is 9.59 Å². The predicted octanol–water partition coefficient (Wildman–Crippen LogP) is -2.22. The van der Waals surface area contributed by atoms with Crippen LogP contribution in [0.4, 0.5) is 0 Å². The van der Waals surface area contributed by atoms with Gasteiger partial charge in [-0.05, 0) is 24.3 Å². The Labute approximate surface area is 90.0 Å². The molecule has 1 aromatic carbocycles. The maximum atomic E-state index is 10.3. The van der Waals surface area contributed by atoms with Gasteiger partial charge in [0.05, 0.1) is 11.1 Å². The molecule has 0 saturated heterocycles. The highest BCUT2D eigenvalue weighted by Gasteiger charge is 2.04. The van der Waals surface area contributed by atoms with Gasteiger partial charge in [0.1, 0.15) is 0 Å². The molecule has 8 heteroatoms. The Morgan fingerprint density at radius 2 is 0.875 bits per heavy atom. The Morgan fingerprint density at radius 3 is 1.00 bits per heavy atom. The monoisotopic (exact) mass is 238 g/mol. The number of aromatic carboxylic acids is 2. The van der Waals surface area contributed by atoms with Gasteiger partial charge in [0.25, 0.3) is 0 Å². The SMILES string of the molecule is O.O.O.O.O=C(O)c1ccc(C(=O)O)cc1. The molecule has 94 valence electrons. The van der Waals surface area contributed by atoms with E-state index in [4.69, 9.17) is 10.2 Å². The summed E-state index contributed by atoms with van der Waals surface area (Å²) in [6.45, 7) is 0. The molecule has 0 heterocycles. The molecule has 1 aromatic rings. The molecule has 10 N–H and O–H groups in total. The van der Waals surface area contributed by atoms with Crippen LogP contribution < -0.4 is 0 Å². The van der Waals surface area contributed by atoms with Crippen molar-refractivity contribution in [3.8, 4) is 0 Å². The molecule has 16 heavy (non-hydrogen) atoms. The molecular formula is C8H14O8. The van der Waals surface area contributed by atoms with Crippen molar-refractivity contribution >= 4 is 11.9 Å². The molecule has 0 amide bonds. The highest BCUT2D eigenvalue weighted by Crippen LogP contribution is 2.03. The summed E-state index contributed by atoms with van der Waals surface area (Å²) in [6.07, 6.45) is 0. The smallest absolute Gasteiger partial charge is 0.335 e. The van der Waals surface area contributed by atoms with Crippen LogP contribution in [0.25, 0.3) is 0 Å². The number of carbonyl (C=O) groups is 2. The zero-order valence-corrected chi connectivity index (χ0v) is 8.02. The minimum absolute atomic E-state index is 0. The maximum absolute atomic E-state index is 10.3. The fraction of sp³-hybridized carbons (Fsp3) is 0. The molecule has 0 radical (unpaired) electrons. The van der Waals surface area contributed by atoms with Crippen molar-refractivity contribution in [2.24, 2.45) is 0 Å². The maximum Gasteiger partial charge on any atom is 0.335 e. The average molecular weight is 238 g/mol. The van der Waals surface area contributed by atoms with Gasteiger partial charge in [-0.25, -0.2) is 9.59 Å². The molecule has 0 aromatic heterocycles. The van der Waals surface area contributed by atoms with Gasteiger partial charge in [-0.2, -0.15) is 0 Å². The molecule has 1 rings (SSSR count). The molecule has 0 saturated carbocycles. The van der Waals surface area contributed by atoms with Crippen molar-refractivity contribution in [2.75, 3.05) is 0 Å². The topological polar surface area (TPSA) is 201 Å². The summed E-state index contributed by atoms with van der Waals surface area (Å²) in [5.41, 5.74) is 0.167. The Balaban J connectivity index is -0.000000180. The van der Waals surface area contributed by atoms with Crippen LogP contribution in [0.15, 0.2) is 24.3 Å². The summed E-state index contributed by atoms with van der Waals surface area (Å²) in [6, 6.07) is 5.02. The Kier molecular flexibility index (Phi) is 14.1. The van der Waals surface area contributed by atoms with Crippen LogP contribution in [0, 0.1) is 0 Å². The van der Waals surface area contributed by atoms with Gasteiger partial charge in [0, 0.05) is 0 Å². The van der Waals surface area contributed by atoms with Crippen molar-refractivity contribution in [1.29, 1.82) is 0 Å². The average Bonchev–Trinajstić information content (AvgIpc) is 2.04. The zero-order chi connectivity index (χ0) is 9.14. The van der Waals surface area contributed by atoms with E-state index in [1.807, 2.05) is 0 Å². The van der Waals surface area contributed by atoms with Crippen LogP contribution in [-0.2, 0) is 0 Å². The minimum atomic E-state index is -1.06. The van der Waals surface area contributed by atoms with Crippen molar-refractivity contribution in [3.63, 3.8) is 0 Å². The van der Waals surface area contributed by atoms with E-state index in [1.54, 1.807) is 0 Å². The van der Waals surface area contributed by atoms with Gasteiger partial charge in [-0.15, -0.1) is 0 Å². The first-order valence-electron chi connectivity index (χ1n) is 3.18. The van der Waals surface area contributed by atoms with E-state index < -0.39 is 11.9 Å². The molecule has 0 bridgehead atoms. The third-order valence-corrected chi connectivity index (χ3v) is 1.38. The third kappa shape index (κ3) is 5.67. The number of carboxylic acids is 2. The van der Waals surface area contributed by atoms with Gasteiger partial charge >= 0.3 is 11.9 Å². The lowest BCUT2D eigenvalue weighted by atomic mass is 10.1. The van der Waals surface area contributed by atoms with E-state index in [2.05, 4.69) is 0 Å². The highest BCUT2D eigenvalue weighted by atomic mass is 16.4. The minimum Gasteiger partial charge on any atom is -0.478 e. The van der Waals surface area contributed by atoms with E-state index in [0.29, 0.717) is 0 Å². The zero-order valence-electron chi connectivity index (χ0n) is 8.02. The van der Waals surface area contributed by atoms with Crippen LogP contribution in [0.2, 0.25) is 0 Å². The van der Waals surface area contributed by atoms with E-state index in [0.717, 1.165) is 0 Å². The van der Waals surface area contributed by atoms with Gasteiger partial charge in [0.15, 0.2) is 0 Å². The first-order valence-corrected chi connectivity index (χ1v) is 3.18. The number of rotatable bonds is 2. The van der Waals surface area contributed by atoms with Crippen LogP contribution in [0.3, 0.4) is 0 Å². The highest BCUT2D eigenvalue weighted by molar-refractivity contribution is 5.91. The Hall–Kier alpha value is -2.00. The first kappa shape index (κ1) is 23.7. The normalized spacial score (nSPS) is 7.00. The molecular weight excluding hydrogens is 224 g/mol. The summed E-state index contributed by atoms with van der Waals surface area (Å²) in [5.74, 6) is -2.13. The number of hydrogen-bond acceptors (Lipinski definition) is 2. The number of benzene rings is 1. The summed E-state index contributed by atoms with van der Waals surface area (Å²) >= 11 is 0. The second kappa shape index (κ2) is 9.55. The number of carboxylic acid groups (broad SMARTS) is 2. The molecule has 0 aliphatic carbocycles. The fourth-order valence-corrected chi connectivity index (χ4v) is 0.755. The summed E-state index contributed by atoms with van der Waals surface area (Å²) in [7, 11) is 0. The van der Waals surface area contributed by atoms with Crippen LogP contribution in [-0.4, -0.2) is 44.1 Å². The molecule has 0 spiro atoms. The van der Waals surface area contributed by atoms with Gasteiger partial charge in [0.2, 0.25) is 0 Å². The van der Waals surface area contributed by atoms with Crippen LogP contribution in [0.1, 0.15) is 20.7 Å². The Bertz CT molecular complexity index is 284. The van der Waals surface area contributed by atoms with Gasteiger partial charge in [-0.3, -0.25) is 0 Å². The second-order valence-corrected chi connectivity index (χ2v) is 2.19. The lowest BCUT2D eigenvalue weighted by Crippen LogP contribution is -1.99. The molecule has 0 aliphatic heterocycles. The molecule has 0 atom stereocenters. The van der Waals surface area contributed by atoms with Crippen molar-refractivity contribution < 1.29 is 41.7 Å². The lowest BCUT2D eigenvalue weighted by Gasteiger charge is -1.94. The van der Waals surface area contributed by atoms with Gasteiger partial charge in [-0.1, -0.05) is 0 Å². The van der Waals surface area contributed by atoms with Crippen LogP contribution >= 0.6 is 0 Å². The van der Waals surface area contributed by atoms with Crippen LogP contribution in [0.5, 0.6) is 0 Å². The number of hydrogen-bond donors (Lipinski definition) is 2. The summed E-state index contributed by atoms with van der Waals surface area (Å²) < 4.78 is 0. The Morgan fingerprint density at radius 1 is 0.688 bits per heavy atom. The fourth-order valence-electron chi connectivity index (χ4n) is 0.755. The molecule has 8 nitrogen and oxygen atoms in total. The van der Waals surface area contributed by atoms with Crippen molar-refractivity contribution in [2.45, 2.75) is 0 Å². The first-order chi connectivity index (χ1) is 5.61. The van der Waals surface area contributed by atoms with Gasteiger partial charge < -0.3 is 32.1 Å². The summed E-state index contributed by atoms with van der Waals surface area (Å²) in [5, 5.41) is 16.9. The molecule has 0 unspecified atom stereocenters. The second-order valence-electron chi connectivity index (χ2n) is 2.19. The van der Waals surface area contributed by atoms with E-state index in [-0.39, 0.29) is 33.0 Å². The standard InChI is InChI=1S/C8H6O4.4H2O/c9-7(10)5-1-2-6(4-3-5)8(11)12;;;;/h1-4H,(H,9,10)(H,11,12);4*1H2. The predicted molar refractivity (Wildman–Crippen MR) is 54.8 cm³/mol. The van der Waals surface area contributed by atoms with Crippen molar-refractivity contribution in [1.82, 2.24) is 0 Å². The van der Waals surface area contributed by atoms with E-state index in [1.165, 1.54) is 24.3 Å². The molecule has 0 aliphatic rings. The quantitative estimate of drug-likeness (QED) is 0.587. The largest absolute Gasteiger partial charge is 0.478 e. The molecule has 0 fully saturated rings. The van der Waals surface area contributed by atoms with Crippen molar-refractivity contribution in [3.05, 3.63) is 35.4 Å². The van der Waals surface area contributed by atoms with E-state index >= 15 is 0 Å². The lowest BCUT2D eigenvalue weighted by molar-refractivity contribution is 0.0681.